The number of hydrogen-bond donors (Lipinski definition) is 0. The van der Waals surface area contributed by atoms with Gasteiger partial charge >= 0.3 is 0 Å². The minimum Gasteiger partial charge on any atom is -0.309 e. The van der Waals surface area contributed by atoms with Crippen molar-refractivity contribution in [1.29, 1.82) is 0 Å². The van der Waals surface area contributed by atoms with E-state index >= 15 is 0 Å². The molecular weight excluding hydrogens is 713 g/mol. The van der Waals surface area contributed by atoms with Crippen LogP contribution in [0.5, 0.6) is 0 Å². The van der Waals surface area contributed by atoms with Crippen LogP contribution < -0.4 is 4.90 Å². The number of fused-ring (bicyclic) bond motifs is 6. The lowest BCUT2D eigenvalue weighted by Crippen LogP contribution is -2.17. The van der Waals surface area contributed by atoms with E-state index < -0.39 is 0 Å². The van der Waals surface area contributed by atoms with E-state index in [0.717, 1.165) is 28.3 Å². The van der Waals surface area contributed by atoms with E-state index in [-0.39, 0.29) is 5.41 Å². The Kier molecular flexibility index (Phi) is 8.20. The zero-order valence-corrected chi connectivity index (χ0v) is 33.2. The molecular formula is C57H42N2. The van der Waals surface area contributed by atoms with Crippen LogP contribution in [-0.2, 0) is 5.41 Å². The molecule has 0 fully saturated rings. The molecule has 0 atom stereocenters. The van der Waals surface area contributed by atoms with Crippen LogP contribution in [0.4, 0.5) is 17.1 Å². The maximum Gasteiger partial charge on any atom is 0.0562 e. The SMILES string of the molecule is CC1(C)c2ccccc2-c2ccc(N(c3ccccc3-c3cccc(-c4ccccc4)c3)c3cccc4c3c3ccccc3n4-c3ccccc3-c3ccccc3)cc21. The van der Waals surface area contributed by atoms with Gasteiger partial charge in [-0.2, -0.15) is 0 Å². The fourth-order valence-electron chi connectivity index (χ4n) is 9.63. The van der Waals surface area contributed by atoms with Gasteiger partial charge in [0.2, 0.25) is 0 Å². The third-order valence-electron chi connectivity index (χ3n) is 12.4. The number of rotatable bonds is 7. The molecule has 2 nitrogen and oxygen atoms in total. The van der Waals surface area contributed by atoms with Gasteiger partial charge in [-0.05, 0) is 93.0 Å². The molecule has 0 radical (unpaired) electrons. The van der Waals surface area contributed by atoms with E-state index in [1.807, 2.05) is 0 Å². The Bertz CT molecular complexity index is 3190. The molecule has 1 heterocycles. The summed E-state index contributed by atoms with van der Waals surface area (Å²) in [5, 5.41) is 2.42. The third kappa shape index (κ3) is 5.63. The summed E-state index contributed by atoms with van der Waals surface area (Å²) in [5.41, 5.74) is 19.2. The normalized spacial score (nSPS) is 12.7. The molecule has 11 rings (SSSR count). The first kappa shape index (κ1) is 34.8. The van der Waals surface area contributed by atoms with Crippen LogP contribution in [0.2, 0.25) is 0 Å². The van der Waals surface area contributed by atoms with Gasteiger partial charge in [0.1, 0.15) is 0 Å². The molecule has 1 aliphatic rings. The summed E-state index contributed by atoms with van der Waals surface area (Å²) in [6.07, 6.45) is 0. The molecule has 280 valence electrons. The Morgan fingerprint density at radius 1 is 0.373 bits per heavy atom. The first-order valence-corrected chi connectivity index (χ1v) is 20.5. The predicted molar refractivity (Wildman–Crippen MR) is 249 cm³/mol. The van der Waals surface area contributed by atoms with Crippen LogP contribution in [0, 0.1) is 0 Å². The molecule has 0 saturated carbocycles. The van der Waals surface area contributed by atoms with Crippen molar-refractivity contribution in [2.45, 2.75) is 19.3 Å². The van der Waals surface area contributed by atoms with Crippen LogP contribution >= 0.6 is 0 Å². The summed E-state index contributed by atoms with van der Waals surface area (Å²) in [6, 6.07) is 79.9. The van der Waals surface area contributed by atoms with Crippen LogP contribution in [0.3, 0.4) is 0 Å². The summed E-state index contributed by atoms with van der Waals surface area (Å²) in [4.78, 5) is 2.52. The highest BCUT2D eigenvalue weighted by molar-refractivity contribution is 6.17. The Hall–Kier alpha value is -7.42. The minimum absolute atomic E-state index is 0.152. The minimum atomic E-state index is -0.152. The number of hydrogen-bond acceptors (Lipinski definition) is 1. The van der Waals surface area contributed by atoms with Crippen molar-refractivity contribution in [3.8, 4) is 50.2 Å². The second-order valence-electron chi connectivity index (χ2n) is 16.1. The van der Waals surface area contributed by atoms with Crippen molar-refractivity contribution in [2.75, 3.05) is 4.90 Å². The summed E-state index contributed by atoms with van der Waals surface area (Å²) in [5.74, 6) is 0. The fraction of sp³-hybridized carbons (Fsp3) is 0.0526. The smallest absolute Gasteiger partial charge is 0.0562 e. The van der Waals surface area contributed by atoms with Gasteiger partial charge in [0.15, 0.2) is 0 Å². The van der Waals surface area contributed by atoms with E-state index in [2.05, 4.69) is 242 Å². The average Bonchev–Trinajstić information content (AvgIpc) is 3.76. The summed E-state index contributed by atoms with van der Waals surface area (Å²) < 4.78 is 2.46. The molecule has 0 aliphatic heterocycles. The molecule has 0 saturated heterocycles. The van der Waals surface area contributed by atoms with Crippen molar-refractivity contribution in [2.24, 2.45) is 0 Å². The molecule has 2 heteroatoms. The second-order valence-corrected chi connectivity index (χ2v) is 16.1. The number of nitrogens with zero attached hydrogens (tertiary/aromatic N) is 2. The van der Waals surface area contributed by atoms with Crippen molar-refractivity contribution < 1.29 is 0 Å². The summed E-state index contributed by atoms with van der Waals surface area (Å²) >= 11 is 0. The molecule has 0 spiro atoms. The zero-order chi connectivity index (χ0) is 39.5. The van der Waals surface area contributed by atoms with Crippen molar-refractivity contribution in [3.63, 3.8) is 0 Å². The van der Waals surface area contributed by atoms with Gasteiger partial charge in [-0.1, -0.05) is 184 Å². The molecule has 0 N–H and O–H groups in total. The van der Waals surface area contributed by atoms with E-state index in [9.17, 15) is 0 Å². The fourth-order valence-corrected chi connectivity index (χ4v) is 9.63. The molecule has 59 heavy (non-hydrogen) atoms. The van der Waals surface area contributed by atoms with Crippen LogP contribution in [0.15, 0.2) is 218 Å². The largest absolute Gasteiger partial charge is 0.309 e. The topological polar surface area (TPSA) is 8.17 Å². The zero-order valence-electron chi connectivity index (χ0n) is 33.2. The third-order valence-corrected chi connectivity index (χ3v) is 12.4. The van der Waals surface area contributed by atoms with Gasteiger partial charge in [0.25, 0.3) is 0 Å². The number of para-hydroxylation sites is 3. The predicted octanol–water partition coefficient (Wildman–Crippen LogP) is 15.6. The Balaban J connectivity index is 1.19. The highest BCUT2D eigenvalue weighted by Gasteiger charge is 2.36. The quantitative estimate of drug-likeness (QED) is 0.157. The second kappa shape index (κ2) is 13.9. The molecule has 0 unspecified atom stereocenters. The Morgan fingerprint density at radius 3 is 1.78 bits per heavy atom. The molecule has 10 aromatic rings. The van der Waals surface area contributed by atoms with Crippen molar-refractivity contribution in [3.05, 3.63) is 230 Å². The monoisotopic (exact) mass is 754 g/mol. The van der Waals surface area contributed by atoms with Gasteiger partial charge in [-0.25, -0.2) is 0 Å². The summed E-state index contributed by atoms with van der Waals surface area (Å²) in [6.45, 7) is 4.74. The first-order valence-electron chi connectivity index (χ1n) is 20.5. The standard InChI is InChI=1S/C57H42N2/c1-57(2)49-29-13-9-27-46(49)47-36-35-43(38-50(47)57)58(51-30-14-11-26-45(51)42-24-17-23-41(37-42)39-19-5-3-6-20-39)54-33-18-34-55-56(54)48-28-12-16-32-53(48)59(55)52-31-15-10-25-44(52)40-21-7-4-8-22-40/h3-38H,1-2H3. The molecule has 9 aromatic carbocycles. The lowest BCUT2D eigenvalue weighted by atomic mass is 9.82. The number of anilines is 3. The average molecular weight is 755 g/mol. The van der Waals surface area contributed by atoms with Gasteiger partial charge in [0, 0.05) is 33.0 Å². The number of benzene rings is 9. The molecule has 1 aromatic heterocycles. The molecule has 0 bridgehead atoms. The lowest BCUT2D eigenvalue weighted by molar-refractivity contribution is 0.660. The number of aromatic nitrogens is 1. The molecule has 1 aliphatic carbocycles. The van der Waals surface area contributed by atoms with Gasteiger partial charge < -0.3 is 9.47 Å². The first-order chi connectivity index (χ1) is 29.1. The molecule has 0 amide bonds. The maximum absolute atomic E-state index is 2.52. The van der Waals surface area contributed by atoms with E-state index in [4.69, 9.17) is 0 Å². The Labute approximate surface area is 345 Å². The van der Waals surface area contributed by atoms with E-state index in [1.165, 1.54) is 71.9 Å². The van der Waals surface area contributed by atoms with Gasteiger partial charge in [-0.15, -0.1) is 0 Å². The van der Waals surface area contributed by atoms with Crippen LogP contribution in [0.25, 0.3) is 72.0 Å². The highest BCUT2D eigenvalue weighted by atomic mass is 15.2. The Morgan fingerprint density at radius 2 is 0.949 bits per heavy atom. The van der Waals surface area contributed by atoms with Crippen LogP contribution in [0.1, 0.15) is 25.0 Å². The van der Waals surface area contributed by atoms with E-state index in [1.54, 1.807) is 0 Å². The van der Waals surface area contributed by atoms with E-state index in [0.29, 0.717) is 0 Å². The van der Waals surface area contributed by atoms with Crippen molar-refractivity contribution in [1.82, 2.24) is 4.57 Å². The van der Waals surface area contributed by atoms with Gasteiger partial charge in [0.05, 0.1) is 28.1 Å². The summed E-state index contributed by atoms with van der Waals surface area (Å²) in [7, 11) is 0. The maximum atomic E-state index is 2.52. The van der Waals surface area contributed by atoms with Gasteiger partial charge in [-0.3, -0.25) is 0 Å². The highest BCUT2D eigenvalue weighted by Crippen LogP contribution is 2.52. The lowest BCUT2D eigenvalue weighted by Gasteiger charge is -2.30. The van der Waals surface area contributed by atoms with Crippen molar-refractivity contribution >= 4 is 38.9 Å². The van der Waals surface area contributed by atoms with Crippen LogP contribution in [-0.4, -0.2) is 4.57 Å².